The van der Waals surface area contributed by atoms with Gasteiger partial charge in [-0.2, -0.15) is 0 Å². The zero-order valence-corrected chi connectivity index (χ0v) is 18.8. The normalized spacial score (nSPS) is 10.6. The van der Waals surface area contributed by atoms with E-state index < -0.39 is 5.91 Å². The van der Waals surface area contributed by atoms with Crippen LogP contribution in [0.3, 0.4) is 0 Å². The molecule has 0 spiro atoms. The summed E-state index contributed by atoms with van der Waals surface area (Å²) in [6.45, 7) is 1.97. The highest BCUT2D eigenvalue weighted by Gasteiger charge is 2.17. The molecule has 0 unspecified atom stereocenters. The van der Waals surface area contributed by atoms with Gasteiger partial charge in [-0.25, -0.2) is 4.98 Å². The van der Waals surface area contributed by atoms with Crippen molar-refractivity contribution in [1.82, 2.24) is 20.4 Å². The number of thioether (sulfide) groups is 1. The first kappa shape index (κ1) is 23.1. The molecule has 3 rings (SSSR count). The number of aromatic nitrogens is 2. The Labute approximate surface area is 189 Å². The molecule has 0 radical (unpaired) electrons. The summed E-state index contributed by atoms with van der Waals surface area (Å²) < 4.78 is 12.2. The van der Waals surface area contributed by atoms with Gasteiger partial charge in [-0.1, -0.05) is 49.0 Å². The molecule has 0 bridgehead atoms. The minimum Gasteiger partial charge on any atom is -0.493 e. The van der Waals surface area contributed by atoms with E-state index >= 15 is 0 Å². The molecular weight excluding hydrogens is 432 g/mol. The standard InChI is InChI=1S/C22H24N4O5S/c1-4-19(27)24-25-20(28)13-32-22-23-16-11-18(31-3)17(30-2)10-15(16)21(29)26(22)12-14-8-6-5-7-9-14/h5-11H,4,12-13H2,1-3H3,(H,24,27)(H,25,28). The van der Waals surface area contributed by atoms with Crippen LogP contribution in [0.15, 0.2) is 52.4 Å². The number of ether oxygens (including phenoxy) is 2. The molecule has 2 aromatic carbocycles. The van der Waals surface area contributed by atoms with E-state index in [1.54, 1.807) is 19.1 Å². The summed E-state index contributed by atoms with van der Waals surface area (Å²) >= 11 is 1.10. The van der Waals surface area contributed by atoms with E-state index in [2.05, 4.69) is 15.8 Å². The summed E-state index contributed by atoms with van der Waals surface area (Å²) in [5.41, 5.74) is 5.75. The average Bonchev–Trinajstić information content (AvgIpc) is 2.82. The van der Waals surface area contributed by atoms with Gasteiger partial charge in [0.05, 0.1) is 37.4 Å². The van der Waals surface area contributed by atoms with Crippen molar-refractivity contribution in [2.45, 2.75) is 25.0 Å². The number of rotatable bonds is 8. The van der Waals surface area contributed by atoms with Crippen LogP contribution >= 0.6 is 11.8 Å². The Morgan fingerprint density at radius 2 is 1.69 bits per heavy atom. The van der Waals surface area contributed by atoms with Crippen LogP contribution in [0.5, 0.6) is 11.5 Å². The predicted octanol–water partition coefficient (Wildman–Crippen LogP) is 2.11. The number of amides is 2. The van der Waals surface area contributed by atoms with Gasteiger partial charge in [0.15, 0.2) is 16.7 Å². The second-order valence-corrected chi connectivity index (χ2v) is 7.68. The Morgan fingerprint density at radius 3 is 2.34 bits per heavy atom. The van der Waals surface area contributed by atoms with Crippen LogP contribution in [0.1, 0.15) is 18.9 Å². The molecule has 2 amide bonds. The Balaban J connectivity index is 1.99. The quantitative estimate of drug-likeness (QED) is 0.303. The third kappa shape index (κ3) is 5.38. The van der Waals surface area contributed by atoms with E-state index in [1.807, 2.05) is 30.3 Å². The Bertz CT molecular complexity index is 1180. The highest BCUT2D eigenvalue weighted by atomic mass is 32.2. The van der Waals surface area contributed by atoms with Crippen LogP contribution in [-0.4, -0.2) is 41.3 Å². The first-order valence-corrected chi connectivity index (χ1v) is 10.9. The van der Waals surface area contributed by atoms with Gasteiger partial charge < -0.3 is 9.47 Å². The van der Waals surface area contributed by atoms with Gasteiger partial charge in [0, 0.05) is 12.5 Å². The lowest BCUT2D eigenvalue weighted by Crippen LogP contribution is -2.42. The van der Waals surface area contributed by atoms with Crippen molar-refractivity contribution >= 4 is 34.5 Å². The number of hydrogen-bond donors (Lipinski definition) is 2. The molecule has 0 aliphatic rings. The number of hydrogen-bond acceptors (Lipinski definition) is 7. The fraction of sp³-hybridized carbons (Fsp3) is 0.273. The lowest BCUT2D eigenvalue weighted by atomic mass is 10.2. The SMILES string of the molecule is CCC(=O)NNC(=O)CSc1nc2cc(OC)c(OC)cc2c(=O)n1Cc1ccccc1. The summed E-state index contributed by atoms with van der Waals surface area (Å²) in [5.74, 6) is 0.128. The van der Waals surface area contributed by atoms with Gasteiger partial charge in [-0.05, 0) is 11.6 Å². The molecule has 0 fully saturated rings. The van der Waals surface area contributed by atoms with Gasteiger partial charge in [-0.15, -0.1) is 0 Å². The van der Waals surface area contributed by atoms with Gasteiger partial charge in [-0.3, -0.25) is 29.8 Å². The van der Waals surface area contributed by atoms with Gasteiger partial charge >= 0.3 is 0 Å². The molecule has 3 aromatic rings. The van der Waals surface area contributed by atoms with Crippen molar-refractivity contribution in [2.24, 2.45) is 0 Å². The summed E-state index contributed by atoms with van der Waals surface area (Å²) in [6.07, 6.45) is 0.252. The second kappa shape index (κ2) is 10.7. The molecule has 9 nitrogen and oxygen atoms in total. The van der Waals surface area contributed by atoms with Gasteiger partial charge in [0.1, 0.15) is 0 Å². The molecule has 168 valence electrons. The highest BCUT2D eigenvalue weighted by molar-refractivity contribution is 7.99. The van der Waals surface area contributed by atoms with Crippen molar-refractivity contribution in [3.8, 4) is 11.5 Å². The fourth-order valence-electron chi connectivity index (χ4n) is 2.94. The minimum absolute atomic E-state index is 0.0377. The molecular formula is C22H24N4O5S. The van der Waals surface area contributed by atoms with Crippen molar-refractivity contribution in [2.75, 3.05) is 20.0 Å². The van der Waals surface area contributed by atoms with E-state index in [-0.39, 0.29) is 30.2 Å². The van der Waals surface area contributed by atoms with Crippen LogP contribution in [-0.2, 0) is 16.1 Å². The maximum absolute atomic E-state index is 13.4. The van der Waals surface area contributed by atoms with Crippen molar-refractivity contribution in [3.05, 3.63) is 58.4 Å². The fourth-order valence-corrected chi connectivity index (χ4v) is 3.74. The minimum atomic E-state index is -0.412. The van der Waals surface area contributed by atoms with Gasteiger partial charge in [0.2, 0.25) is 11.8 Å². The van der Waals surface area contributed by atoms with Crippen LogP contribution < -0.4 is 25.9 Å². The average molecular weight is 457 g/mol. The number of carbonyl (C=O) groups is 2. The van der Waals surface area contributed by atoms with E-state index in [9.17, 15) is 14.4 Å². The predicted molar refractivity (Wildman–Crippen MR) is 122 cm³/mol. The number of hydrazine groups is 1. The maximum atomic E-state index is 13.4. The lowest BCUT2D eigenvalue weighted by molar-refractivity contribution is -0.127. The van der Waals surface area contributed by atoms with Crippen LogP contribution in [0, 0.1) is 0 Å². The lowest BCUT2D eigenvalue weighted by Gasteiger charge is -2.15. The molecule has 0 aliphatic heterocycles. The molecule has 10 heteroatoms. The van der Waals surface area contributed by atoms with E-state index in [4.69, 9.17) is 9.47 Å². The van der Waals surface area contributed by atoms with E-state index in [1.165, 1.54) is 18.8 Å². The number of fused-ring (bicyclic) bond motifs is 1. The number of carbonyl (C=O) groups excluding carboxylic acids is 2. The van der Waals surface area contributed by atoms with Crippen LogP contribution in [0.2, 0.25) is 0 Å². The zero-order valence-electron chi connectivity index (χ0n) is 18.0. The van der Waals surface area contributed by atoms with Gasteiger partial charge in [0.25, 0.3) is 5.56 Å². The molecule has 1 aromatic heterocycles. The van der Waals surface area contributed by atoms with Crippen molar-refractivity contribution in [3.63, 3.8) is 0 Å². The first-order valence-electron chi connectivity index (χ1n) is 9.87. The highest BCUT2D eigenvalue weighted by Crippen LogP contribution is 2.31. The summed E-state index contributed by atoms with van der Waals surface area (Å²) in [6, 6.07) is 12.7. The number of benzene rings is 2. The van der Waals surface area contributed by atoms with E-state index in [0.29, 0.717) is 27.6 Å². The number of methoxy groups -OCH3 is 2. The number of nitrogens with zero attached hydrogens (tertiary/aromatic N) is 2. The summed E-state index contributed by atoms with van der Waals surface area (Å²) in [7, 11) is 3.00. The van der Waals surface area contributed by atoms with E-state index in [0.717, 1.165) is 17.3 Å². The topological polar surface area (TPSA) is 112 Å². The first-order chi connectivity index (χ1) is 15.5. The molecule has 2 N–H and O–H groups in total. The van der Waals surface area contributed by atoms with Crippen molar-refractivity contribution < 1.29 is 19.1 Å². The van der Waals surface area contributed by atoms with Crippen LogP contribution in [0.25, 0.3) is 10.9 Å². The van der Waals surface area contributed by atoms with Crippen molar-refractivity contribution in [1.29, 1.82) is 0 Å². The molecule has 1 heterocycles. The monoisotopic (exact) mass is 456 g/mol. The second-order valence-electron chi connectivity index (χ2n) is 6.73. The summed E-state index contributed by atoms with van der Waals surface area (Å²) in [5, 5.41) is 0.748. The zero-order chi connectivity index (χ0) is 23.1. The molecule has 0 aliphatic carbocycles. The molecule has 0 saturated heterocycles. The molecule has 0 atom stereocenters. The maximum Gasteiger partial charge on any atom is 0.262 e. The molecule has 32 heavy (non-hydrogen) atoms. The Hall–Kier alpha value is -3.53. The summed E-state index contributed by atoms with van der Waals surface area (Å²) in [4.78, 5) is 41.5. The molecule has 0 saturated carbocycles. The Kier molecular flexibility index (Phi) is 7.72. The third-order valence-electron chi connectivity index (χ3n) is 4.60. The Morgan fingerprint density at radius 1 is 1.03 bits per heavy atom. The number of nitrogens with one attached hydrogen (secondary N) is 2. The van der Waals surface area contributed by atoms with Crippen LogP contribution in [0.4, 0.5) is 0 Å². The smallest absolute Gasteiger partial charge is 0.262 e. The third-order valence-corrected chi connectivity index (χ3v) is 5.58. The largest absolute Gasteiger partial charge is 0.493 e.